The molecule has 1 saturated heterocycles. The molecule has 1 atom stereocenters. The van der Waals surface area contributed by atoms with E-state index in [0.717, 1.165) is 12.8 Å². The molecule has 1 heterocycles. The molecule has 5 nitrogen and oxygen atoms in total. The average molecular weight is 333 g/mol. The van der Waals surface area contributed by atoms with Crippen LogP contribution in [0.2, 0.25) is 0 Å². The summed E-state index contributed by atoms with van der Waals surface area (Å²) in [5, 5.41) is 3.02. The minimum Gasteiger partial charge on any atom is -0.352 e. The monoisotopic (exact) mass is 333 g/mol. The van der Waals surface area contributed by atoms with Gasteiger partial charge in [0.1, 0.15) is 5.82 Å². The van der Waals surface area contributed by atoms with Gasteiger partial charge in [0, 0.05) is 32.2 Å². The van der Waals surface area contributed by atoms with Gasteiger partial charge in [0.25, 0.3) is 0 Å². The summed E-state index contributed by atoms with van der Waals surface area (Å²) in [6, 6.07) is 6.58. The summed E-state index contributed by atoms with van der Waals surface area (Å²) in [5.74, 6) is -0.326. The van der Waals surface area contributed by atoms with Crippen LogP contribution < -0.4 is 5.32 Å². The average Bonchev–Trinajstić information content (AvgIpc) is 3.40. The largest absolute Gasteiger partial charge is 0.352 e. The lowest BCUT2D eigenvalue weighted by Crippen LogP contribution is -2.55. The number of hydrogen-bond acceptors (Lipinski definition) is 3. The number of halogens is 1. The van der Waals surface area contributed by atoms with Crippen LogP contribution in [-0.4, -0.2) is 59.9 Å². The van der Waals surface area contributed by atoms with E-state index in [1.165, 1.54) is 6.07 Å². The second kappa shape index (κ2) is 7.30. The van der Waals surface area contributed by atoms with E-state index in [1.54, 1.807) is 23.1 Å². The molecule has 1 aliphatic carbocycles. The summed E-state index contributed by atoms with van der Waals surface area (Å²) in [4.78, 5) is 28.3. The van der Waals surface area contributed by atoms with Crippen molar-refractivity contribution in [3.63, 3.8) is 0 Å². The van der Waals surface area contributed by atoms with E-state index in [1.807, 2.05) is 6.92 Å². The van der Waals surface area contributed by atoms with E-state index in [-0.39, 0.29) is 30.1 Å². The molecule has 130 valence electrons. The third-order valence-corrected chi connectivity index (χ3v) is 4.82. The Morgan fingerprint density at radius 2 is 1.88 bits per heavy atom. The second-order valence-electron chi connectivity index (χ2n) is 6.64. The van der Waals surface area contributed by atoms with Gasteiger partial charge in [0.2, 0.25) is 11.8 Å². The SMILES string of the molecule is CC(C(=O)NC1CC1)N1CCN(C(=O)Cc2ccccc2F)CC1. The lowest BCUT2D eigenvalue weighted by Gasteiger charge is -2.37. The van der Waals surface area contributed by atoms with Crippen LogP contribution in [0.15, 0.2) is 24.3 Å². The van der Waals surface area contributed by atoms with Crippen molar-refractivity contribution in [3.05, 3.63) is 35.6 Å². The molecule has 1 aliphatic heterocycles. The Bertz CT molecular complexity index is 610. The first kappa shape index (κ1) is 16.9. The molecule has 1 N–H and O–H groups in total. The molecule has 1 unspecified atom stereocenters. The maximum absolute atomic E-state index is 13.7. The van der Waals surface area contributed by atoms with Crippen molar-refractivity contribution in [3.8, 4) is 0 Å². The standard InChI is InChI=1S/C18H24FN3O2/c1-13(18(24)20-15-6-7-15)21-8-10-22(11-9-21)17(23)12-14-4-2-3-5-16(14)19/h2-5,13,15H,6-12H2,1H3,(H,20,24). The Hall–Kier alpha value is -1.95. The van der Waals surface area contributed by atoms with Gasteiger partial charge in [-0.05, 0) is 31.4 Å². The van der Waals surface area contributed by atoms with Gasteiger partial charge in [-0.15, -0.1) is 0 Å². The molecule has 2 aliphatic rings. The molecule has 1 aromatic rings. The van der Waals surface area contributed by atoms with Crippen molar-refractivity contribution >= 4 is 11.8 Å². The topological polar surface area (TPSA) is 52.7 Å². The van der Waals surface area contributed by atoms with Crippen molar-refractivity contribution in [1.82, 2.24) is 15.1 Å². The van der Waals surface area contributed by atoms with Gasteiger partial charge in [-0.2, -0.15) is 0 Å². The number of amides is 2. The highest BCUT2D eigenvalue weighted by Gasteiger charge is 2.30. The van der Waals surface area contributed by atoms with E-state index in [2.05, 4.69) is 10.2 Å². The number of benzene rings is 1. The smallest absolute Gasteiger partial charge is 0.237 e. The molecule has 3 rings (SSSR count). The quantitative estimate of drug-likeness (QED) is 0.880. The Morgan fingerprint density at radius 3 is 2.50 bits per heavy atom. The molecule has 24 heavy (non-hydrogen) atoms. The number of nitrogens with zero attached hydrogens (tertiary/aromatic N) is 2. The normalized spacial score (nSPS) is 19.8. The van der Waals surface area contributed by atoms with Gasteiger partial charge in [-0.25, -0.2) is 4.39 Å². The van der Waals surface area contributed by atoms with Crippen molar-refractivity contribution in [1.29, 1.82) is 0 Å². The van der Waals surface area contributed by atoms with Crippen LogP contribution in [0.5, 0.6) is 0 Å². The number of carbonyl (C=O) groups excluding carboxylic acids is 2. The summed E-state index contributed by atoms with van der Waals surface area (Å²) in [7, 11) is 0. The Kier molecular flexibility index (Phi) is 5.14. The van der Waals surface area contributed by atoms with Crippen LogP contribution in [0.1, 0.15) is 25.3 Å². The van der Waals surface area contributed by atoms with Gasteiger partial charge >= 0.3 is 0 Å². The molecule has 2 amide bonds. The third kappa shape index (κ3) is 4.12. The highest BCUT2D eigenvalue weighted by Crippen LogP contribution is 2.19. The van der Waals surface area contributed by atoms with Gasteiger partial charge in [0.15, 0.2) is 0 Å². The van der Waals surface area contributed by atoms with Gasteiger partial charge in [-0.1, -0.05) is 18.2 Å². The Labute approximate surface area is 141 Å². The fourth-order valence-corrected chi connectivity index (χ4v) is 2.99. The molecule has 1 saturated carbocycles. The van der Waals surface area contributed by atoms with Crippen LogP contribution in [-0.2, 0) is 16.0 Å². The first-order valence-corrected chi connectivity index (χ1v) is 8.60. The Balaban J connectivity index is 1.48. The van der Waals surface area contributed by atoms with Crippen LogP contribution in [0.4, 0.5) is 4.39 Å². The number of piperazine rings is 1. The molecule has 2 fully saturated rings. The minimum atomic E-state index is -0.338. The Morgan fingerprint density at radius 1 is 1.21 bits per heavy atom. The van der Waals surface area contributed by atoms with E-state index < -0.39 is 0 Å². The van der Waals surface area contributed by atoms with Crippen molar-refractivity contribution in [2.24, 2.45) is 0 Å². The predicted octanol–water partition coefficient (Wildman–Crippen LogP) is 1.18. The highest BCUT2D eigenvalue weighted by atomic mass is 19.1. The first-order chi connectivity index (χ1) is 11.5. The lowest BCUT2D eigenvalue weighted by atomic mass is 10.1. The molecule has 6 heteroatoms. The summed E-state index contributed by atoms with van der Waals surface area (Å²) in [6.07, 6.45) is 2.25. The van der Waals surface area contributed by atoms with Crippen LogP contribution in [0.25, 0.3) is 0 Å². The predicted molar refractivity (Wildman–Crippen MR) is 88.9 cm³/mol. The zero-order chi connectivity index (χ0) is 17.1. The summed E-state index contributed by atoms with van der Waals surface area (Å²) in [6.45, 7) is 4.40. The van der Waals surface area contributed by atoms with Crippen LogP contribution >= 0.6 is 0 Å². The van der Waals surface area contributed by atoms with Gasteiger partial charge < -0.3 is 10.2 Å². The van der Waals surface area contributed by atoms with E-state index in [4.69, 9.17) is 0 Å². The van der Waals surface area contributed by atoms with Gasteiger partial charge in [-0.3, -0.25) is 14.5 Å². The molecule has 1 aromatic carbocycles. The summed E-state index contributed by atoms with van der Waals surface area (Å²) in [5.41, 5.74) is 0.433. The molecular formula is C18H24FN3O2. The fourth-order valence-electron chi connectivity index (χ4n) is 2.99. The number of rotatable bonds is 5. The van der Waals surface area contributed by atoms with Crippen LogP contribution in [0, 0.1) is 5.82 Å². The number of hydrogen-bond donors (Lipinski definition) is 1. The molecular weight excluding hydrogens is 309 g/mol. The van der Waals surface area contributed by atoms with E-state index in [9.17, 15) is 14.0 Å². The maximum atomic E-state index is 13.7. The van der Waals surface area contributed by atoms with Gasteiger partial charge in [0.05, 0.1) is 12.5 Å². The number of carbonyl (C=O) groups is 2. The molecule has 0 radical (unpaired) electrons. The molecule has 0 bridgehead atoms. The third-order valence-electron chi connectivity index (χ3n) is 4.82. The lowest BCUT2D eigenvalue weighted by molar-refractivity contribution is -0.133. The van der Waals surface area contributed by atoms with E-state index >= 15 is 0 Å². The highest BCUT2D eigenvalue weighted by molar-refractivity contribution is 5.82. The molecule has 0 spiro atoms. The number of nitrogens with one attached hydrogen (secondary N) is 1. The maximum Gasteiger partial charge on any atom is 0.237 e. The zero-order valence-electron chi connectivity index (χ0n) is 14.0. The second-order valence-corrected chi connectivity index (χ2v) is 6.64. The molecule has 0 aromatic heterocycles. The minimum absolute atomic E-state index is 0.0603. The van der Waals surface area contributed by atoms with Crippen molar-refractivity contribution in [2.75, 3.05) is 26.2 Å². The fraction of sp³-hybridized carbons (Fsp3) is 0.556. The summed E-state index contributed by atoms with van der Waals surface area (Å²) >= 11 is 0. The van der Waals surface area contributed by atoms with Crippen molar-refractivity contribution in [2.45, 2.75) is 38.3 Å². The first-order valence-electron chi connectivity index (χ1n) is 8.60. The van der Waals surface area contributed by atoms with Crippen LogP contribution in [0.3, 0.4) is 0 Å². The summed E-state index contributed by atoms with van der Waals surface area (Å²) < 4.78 is 13.7. The zero-order valence-corrected chi connectivity index (χ0v) is 14.0. The van der Waals surface area contributed by atoms with E-state index in [0.29, 0.717) is 37.8 Å². The van der Waals surface area contributed by atoms with Crippen molar-refractivity contribution < 1.29 is 14.0 Å².